The molecule has 2 aliphatic heterocycles. The number of carbonyl (C=O) groups excluding carboxylic acids is 2. The van der Waals surface area contributed by atoms with Gasteiger partial charge in [0, 0.05) is 17.9 Å². The van der Waals surface area contributed by atoms with Gasteiger partial charge in [0.1, 0.15) is 11.4 Å². The van der Waals surface area contributed by atoms with Crippen LogP contribution in [0.15, 0.2) is 24.3 Å². The van der Waals surface area contributed by atoms with Crippen LogP contribution in [0.4, 0.5) is 0 Å². The molecule has 0 aromatic heterocycles. The fraction of sp³-hybridized carbons (Fsp3) is 0.467. The van der Waals surface area contributed by atoms with Crippen molar-refractivity contribution < 1.29 is 9.59 Å². The summed E-state index contributed by atoms with van der Waals surface area (Å²) in [5, 5.41) is 2.95. The topological polar surface area (TPSA) is 49.4 Å². The third-order valence-electron chi connectivity index (χ3n) is 3.82. The van der Waals surface area contributed by atoms with Gasteiger partial charge in [-0.1, -0.05) is 31.5 Å². The predicted molar refractivity (Wildman–Crippen MR) is 79.5 cm³/mol. The van der Waals surface area contributed by atoms with E-state index in [-0.39, 0.29) is 23.2 Å². The van der Waals surface area contributed by atoms with Crippen LogP contribution in [0, 0.1) is 0 Å². The Morgan fingerprint density at radius 2 is 2.25 bits per heavy atom. The highest BCUT2D eigenvalue weighted by molar-refractivity contribution is 7.99. The Bertz CT molecular complexity index is 546. The summed E-state index contributed by atoms with van der Waals surface area (Å²) in [7, 11) is 0. The highest BCUT2D eigenvalue weighted by Crippen LogP contribution is 2.47. The van der Waals surface area contributed by atoms with Crippen LogP contribution in [0.25, 0.3) is 0 Å². The molecule has 2 heterocycles. The Kier molecular flexibility index (Phi) is 3.70. The molecule has 1 N–H and O–H groups in total. The van der Waals surface area contributed by atoms with Crippen LogP contribution in [0.3, 0.4) is 0 Å². The van der Waals surface area contributed by atoms with Crippen LogP contribution in [-0.2, 0) is 4.79 Å². The van der Waals surface area contributed by atoms with Crippen LogP contribution >= 0.6 is 11.8 Å². The van der Waals surface area contributed by atoms with Crippen LogP contribution in [-0.4, -0.2) is 35.1 Å². The van der Waals surface area contributed by atoms with Gasteiger partial charge in [0.2, 0.25) is 5.91 Å². The number of carbonyl (C=O) groups is 2. The van der Waals surface area contributed by atoms with E-state index in [9.17, 15) is 9.59 Å². The average Bonchev–Trinajstić information content (AvgIpc) is 3.01. The largest absolute Gasteiger partial charge is 0.354 e. The van der Waals surface area contributed by atoms with Crippen LogP contribution in [0.1, 0.15) is 41.1 Å². The number of thioether (sulfide) groups is 1. The summed E-state index contributed by atoms with van der Waals surface area (Å²) in [4.78, 5) is 26.4. The van der Waals surface area contributed by atoms with Gasteiger partial charge in [-0.05, 0) is 18.1 Å². The molecule has 0 bridgehead atoms. The second-order valence-electron chi connectivity index (χ2n) is 5.15. The second-order valence-corrected chi connectivity index (χ2v) is 6.26. The minimum absolute atomic E-state index is 0.00811. The van der Waals surface area contributed by atoms with Crippen LogP contribution in [0.2, 0.25) is 0 Å². The van der Waals surface area contributed by atoms with Gasteiger partial charge in [0.05, 0.1) is 0 Å². The van der Waals surface area contributed by atoms with Gasteiger partial charge in [-0.25, -0.2) is 0 Å². The Labute approximate surface area is 122 Å². The Hall–Kier alpha value is -1.49. The summed E-state index contributed by atoms with van der Waals surface area (Å²) in [5.41, 5.74) is 1.79. The standard InChI is InChI=1S/C15H18N2O2S/c1-2-3-8-16-13(18)12-9-20-15-11-7-5-4-6-10(11)14(19)17(12)15/h4-7,12,15H,2-3,8-9H2,1H3,(H,16,18)/t12-,15+/m0/s1. The van der Waals surface area contributed by atoms with E-state index in [1.54, 1.807) is 16.7 Å². The number of hydrogen-bond acceptors (Lipinski definition) is 3. The quantitative estimate of drug-likeness (QED) is 0.865. The molecule has 106 valence electrons. The lowest BCUT2D eigenvalue weighted by atomic mass is 10.1. The molecule has 2 amide bonds. The molecule has 2 aliphatic rings. The van der Waals surface area contributed by atoms with Gasteiger partial charge in [-0.15, -0.1) is 11.8 Å². The maximum atomic E-state index is 12.5. The lowest BCUT2D eigenvalue weighted by molar-refractivity contribution is -0.124. The third kappa shape index (κ3) is 2.10. The summed E-state index contributed by atoms with van der Waals surface area (Å²) >= 11 is 1.68. The zero-order valence-corrected chi connectivity index (χ0v) is 12.3. The Balaban J connectivity index is 1.76. The van der Waals surface area contributed by atoms with Crippen molar-refractivity contribution in [2.75, 3.05) is 12.3 Å². The first-order valence-corrected chi connectivity index (χ1v) is 8.09. The summed E-state index contributed by atoms with van der Waals surface area (Å²) in [5.74, 6) is 0.656. The minimum atomic E-state index is -0.332. The van der Waals surface area contributed by atoms with Gasteiger partial charge >= 0.3 is 0 Å². The molecule has 0 spiro atoms. The number of nitrogens with one attached hydrogen (secondary N) is 1. The molecule has 1 aromatic rings. The van der Waals surface area contributed by atoms with E-state index in [1.165, 1.54) is 0 Å². The molecule has 5 heteroatoms. The smallest absolute Gasteiger partial charge is 0.256 e. The molecule has 1 aromatic carbocycles. The predicted octanol–water partition coefficient (Wildman–Crippen LogP) is 2.17. The molecular weight excluding hydrogens is 272 g/mol. The first kappa shape index (κ1) is 13.5. The normalized spacial score (nSPS) is 23.6. The highest BCUT2D eigenvalue weighted by Gasteiger charge is 2.48. The summed E-state index contributed by atoms with van der Waals surface area (Å²) in [6.45, 7) is 2.78. The number of unbranched alkanes of at least 4 members (excludes halogenated alkanes) is 1. The Morgan fingerprint density at radius 3 is 3.05 bits per heavy atom. The van der Waals surface area contributed by atoms with Gasteiger partial charge in [0.15, 0.2) is 0 Å². The van der Waals surface area contributed by atoms with Crippen molar-refractivity contribution in [2.45, 2.75) is 31.2 Å². The first-order valence-electron chi connectivity index (χ1n) is 7.05. The number of amides is 2. The average molecular weight is 290 g/mol. The third-order valence-corrected chi connectivity index (χ3v) is 5.13. The van der Waals surface area contributed by atoms with Gasteiger partial charge in [-0.2, -0.15) is 0 Å². The monoisotopic (exact) mass is 290 g/mol. The van der Waals surface area contributed by atoms with Crippen molar-refractivity contribution in [3.63, 3.8) is 0 Å². The zero-order valence-electron chi connectivity index (χ0n) is 11.5. The van der Waals surface area contributed by atoms with Gasteiger partial charge in [-0.3, -0.25) is 9.59 Å². The summed E-state index contributed by atoms with van der Waals surface area (Å²) in [6.07, 6.45) is 2.03. The number of nitrogens with zero attached hydrogens (tertiary/aromatic N) is 1. The van der Waals surface area contributed by atoms with Crippen LogP contribution < -0.4 is 5.32 Å². The van der Waals surface area contributed by atoms with Crippen molar-refractivity contribution >= 4 is 23.6 Å². The number of fused-ring (bicyclic) bond motifs is 3. The highest BCUT2D eigenvalue weighted by atomic mass is 32.2. The molecular formula is C15H18N2O2S. The van der Waals surface area contributed by atoms with Crippen molar-refractivity contribution in [1.29, 1.82) is 0 Å². The molecule has 2 atom stereocenters. The number of benzene rings is 1. The van der Waals surface area contributed by atoms with Crippen LogP contribution in [0.5, 0.6) is 0 Å². The maximum Gasteiger partial charge on any atom is 0.256 e. The fourth-order valence-electron chi connectivity index (χ4n) is 2.75. The van der Waals surface area contributed by atoms with E-state index in [0.29, 0.717) is 12.3 Å². The number of rotatable bonds is 4. The molecule has 0 radical (unpaired) electrons. The second kappa shape index (κ2) is 5.48. The zero-order chi connectivity index (χ0) is 14.1. The molecule has 0 aliphatic carbocycles. The summed E-state index contributed by atoms with van der Waals surface area (Å²) in [6, 6.07) is 7.33. The maximum absolute atomic E-state index is 12.5. The van der Waals surface area contributed by atoms with Crippen molar-refractivity contribution in [1.82, 2.24) is 10.2 Å². The Morgan fingerprint density at radius 1 is 1.45 bits per heavy atom. The van der Waals surface area contributed by atoms with Gasteiger partial charge in [0.25, 0.3) is 5.91 Å². The molecule has 1 fully saturated rings. The van der Waals surface area contributed by atoms with E-state index in [1.807, 2.05) is 24.3 Å². The first-order chi connectivity index (χ1) is 9.74. The molecule has 3 rings (SSSR count). The molecule has 20 heavy (non-hydrogen) atoms. The van der Waals surface area contributed by atoms with E-state index in [4.69, 9.17) is 0 Å². The van der Waals surface area contributed by atoms with E-state index < -0.39 is 0 Å². The molecule has 1 saturated heterocycles. The lowest BCUT2D eigenvalue weighted by Crippen LogP contribution is -2.46. The van der Waals surface area contributed by atoms with E-state index >= 15 is 0 Å². The lowest BCUT2D eigenvalue weighted by Gasteiger charge is -2.22. The van der Waals surface area contributed by atoms with E-state index in [2.05, 4.69) is 12.2 Å². The van der Waals surface area contributed by atoms with E-state index in [0.717, 1.165) is 24.0 Å². The van der Waals surface area contributed by atoms with Crippen molar-refractivity contribution in [3.05, 3.63) is 35.4 Å². The van der Waals surface area contributed by atoms with Crippen molar-refractivity contribution in [2.24, 2.45) is 0 Å². The summed E-state index contributed by atoms with van der Waals surface area (Å²) < 4.78 is 0. The number of hydrogen-bond donors (Lipinski definition) is 1. The molecule has 0 unspecified atom stereocenters. The fourth-order valence-corrected chi connectivity index (χ4v) is 4.21. The van der Waals surface area contributed by atoms with Crippen molar-refractivity contribution in [3.8, 4) is 0 Å². The molecule has 0 saturated carbocycles. The SMILES string of the molecule is CCCCNC(=O)[C@@H]1CS[C@@H]2c3ccccc3C(=O)N21. The molecule has 4 nitrogen and oxygen atoms in total. The minimum Gasteiger partial charge on any atom is -0.354 e. The van der Waals surface area contributed by atoms with Gasteiger partial charge < -0.3 is 10.2 Å².